The molecule has 2 aromatic rings. The summed E-state index contributed by atoms with van der Waals surface area (Å²) in [5.74, 6) is 0. The number of aromatic nitrogens is 1. The van der Waals surface area contributed by atoms with E-state index >= 15 is 0 Å². The molecule has 2 heterocycles. The molecule has 0 saturated carbocycles. The van der Waals surface area contributed by atoms with Gasteiger partial charge >= 0.3 is 0 Å². The Morgan fingerprint density at radius 1 is 1.58 bits per heavy atom. The third kappa shape index (κ3) is 0.840. The molecule has 58 valence electrons. The number of H-pyrrole nitrogens is 1. The average molecular weight is 176 g/mol. The van der Waals surface area contributed by atoms with Gasteiger partial charge in [0.1, 0.15) is 10.8 Å². The Kier molecular flexibility index (Phi) is 1.45. The first kappa shape index (κ1) is 7.07. The molecular formula is C8H4N2OS. The van der Waals surface area contributed by atoms with Crippen LogP contribution in [0.3, 0.4) is 0 Å². The van der Waals surface area contributed by atoms with E-state index < -0.39 is 0 Å². The van der Waals surface area contributed by atoms with E-state index in [1.165, 1.54) is 17.5 Å². The molecule has 0 radical (unpaired) electrons. The standard InChI is InChI=1S/C8H4N2OS/c9-3-5-4-10-8(11)7-6(5)1-2-12-7/h1-2,4H,(H,10,11). The van der Waals surface area contributed by atoms with Gasteiger partial charge in [0.2, 0.25) is 0 Å². The maximum atomic E-state index is 11.2. The summed E-state index contributed by atoms with van der Waals surface area (Å²) in [5.41, 5.74) is 0.393. The molecule has 12 heavy (non-hydrogen) atoms. The van der Waals surface area contributed by atoms with E-state index in [4.69, 9.17) is 5.26 Å². The number of aromatic amines is 1. The van der Waals surface area contributed by atoms with E-state index in [0.29, 0.717) is 10.3 Å². The Morgan fingerprint density at radius 3 is 3.17 bits per heavy atom. The number of hydrogen-bond donors (Lipinski definition) is 1. The van der Waals surface area contributed by atoms with Gasteiger partial charge in [-0.2, -0.15) is 5.26 Å². The lowest BCUT2D eigenvalue weighted by Crippen LogP contribution is -2.03. The zero-order valence-corrected chi connectivity index (χ0v) is 6.81. The second-order valence-corrected chi connectivity index (χ2v) is 3.22. The Labute approximate surface area is 71.9 Å². The molecule has 1 N–H and O–H groups in total. The SMILES string of the molecule is N#Cc1c[nH]c(=O)c2sccc12. The molecule has 0 spiro atoms. The Bertz CT molecular complexity index is 518. The highest BCUT2D eigenvalue weighted by atomic mass is 32.1. The van der Waals surface area contributed by atoms with Gasteiger partial charge in [-0.25, -0.2) is 0 Å². The van der Waals surface area contributed by atoms with Crippen LogP contribution in [0.2, 0.25) is 0 Å². The zero-order chi connectivity index (χ0) is 8.55. The number of fused-ring (bicyclic) bond motifs is 1. The highest BCUT2D eigenvalue weighted by molar-refractivity contribution is 7.17. The van der Waals surface area contributed by atoms with E-state index in [9.17, 15) is 4.79 Å². The second kappa shape index (κ2) is 2.47. The lowest BCUT2D eigenvalue weighted by Gasteiger charge is -1.89. The van der Waals surface area contributed by atoms with E-state index in [1.807, 2.05) is 6.07 Å². The number of nitrogens with zero attached hydrogens (tertiary/aromatic N) is 1. The van der Waals surface area contributed by atoms with Crippen molar-refractivity contribution in [3.05, 3.63) is 33.6 Å². The minimum absolute atomic E-state index is 0.126. The zero-order valence-electron chi connectivity index (χ0n) is 6.00. The molecule has 3 nitrogen and oxygen atoms in total. The molecule has 0 bridgehead atoms. The molecule has 0 unspecified atom stereocenters. The molecule has 0 aliphatic heterocycles. The van der Waals surface area contributed by atoms with Crippen LogP contribution in [0.25, 0.3) is 10.1 Å². The first-order valence-electron chi connectivity index (χ1n) is 3.32. The van der Waals surface area contributed by atoms with Crippen molar-refractivity contribution in [2.45, 2.75) is 0 Å². The van der Waals surface area contributed by atoms with Gasteiger partial charge in [0.15, 0.2) is 0 Å². The van der Waals surface area contributed by atoms with Crippen molar-refractivity contribution in [2.75, 3.05) is 0 Å². The molecular weight excluding hydrogens is 172 g/mol. The van der Waals surface area contributed by atoms with Crippen LogP contribution in [0.1, 0.15) is 5.56 Å². The summed E-state index contributed by atoms with van der Waals surface area (Å²) in [6.07, 6.45) is 1.44. The van der Waals surface area contributed by atoms with E-state index in [-0.39, 0.29) is 5.56 Å². The molecule has 4 heteroatoms. The summed E-state index contributed by atoms with van der Waals surface area (Å²) < 4.78 is 0.619. The molecule has 0 aliphatic carbocycles. The van der Waals surface area contributed by atoms with Crippen LogP contribution in [0.15, 0.2) is 22.4 Å². The van der Waals surface area contributed by atoms with Gasteiger partial charge in [-0.3, -0.25) is 4.79 Å². The summed E-state index contributed by atoms with van der Waals surface area (Å²) in [5, 5.41) is 11.2. The number of nitrogens with one attached hydrogen (secondary N) is 1. The van der Waals surface area contributed by atoms with Gasteiger partial charge in [-0.05, 0) is 11.4 Å². The molecule has 2 rings (SSSR count). The largest absolute Gasteiger partial charge is 0.327 e. The third-order valence-corrected chi connectivity index (χ3v) is 2.54. The summed E-state index contributed by atoms with van der Waals surface area (Å²) in [7, 11) is 0. The van der Waals surface area contributed by atoms with Crippen LogP contribution >= 0.6 is 11.3 Å². The number of hydrogen-bond acceptors (Lipinski definition) is 3. The minimum Gasteiger partial charge on any atom is -0.327 e. The van der Waals surface area contributed by atoms with Gasteiger partial charge in [0, 0.05) is 11.6 Å². The van der Waals surface area contributed by atoms with Crippen LogP contribution in [0.4, 0.5) is 0 Å². The third-order valence-electron chi connectivity index (χ3n) is 1.63. The van der Waals surface area contributed by atoms with E-state index in [2.05, 4.69) is 4.98 Å². The van der Waals surface area contributed by atoms with E-state index in [0.717, 1.165) is 5.39 Å². The van der Waals surface area contributed by atoms with Crippen LogP contribution in [-0.2, 0) is 0 Å². The van der Waals surface area contributed by atoms with E-state index in [1.54, 1.807) is 11.4 Å². The lowest BCUT2D eigenvalue weighted by atomic mass is 10.2. The summed E-state index contributed by atoms with van der Waals surface area (Å²) in [6.45, 7) is 0. The molecule has 0 aliphatic rings. The molecule has 0 amide bonds. The summed E-state index contributed by atoms with van der Waals surface area (Å²) in [6, 6.07) is 3.81. The van der Waals surface area contributed by atoms with Gasteiger partial charge in [-0.15, -0.1) is 11.3 Å². The quantitative estimate of drug-likeness (QED) is 0.660. The van der Waals surface area contributed by atoms with Crippen molar-refractivity contribution >= 4 is 21.4 Å². The maximum absolute atomic E-state index is 11.2. The molecule has 0 atom stereocenters. The van der Waals surface area contributed by atoms with Crippen molar-refractivity contribution in [1.82, 2.24) is 4.98 Å². The van der Waals surface area contributed by atoms with Gasteiger partial charge in [0.25, 0.3) is 5.56 Å². The van der Waals surface area contributed by atoms with Crippen molar-refractivity contribution in [3.63, 3.8) is 0 Å². The fourth-order valence-electron chi connectivity index (χ4n) is 1.07. The van der Waals surface area contributed by atoms with Crippen molar-refractivity contribution < 1.29 is 0 Å². The number of nitriles is 1. The predicted molar refractivity (Wildman–Crippen MR) is 47.2 cm³/mol. The fraction of sp³-hybridized carbons (Fsp3) is 0. The second-order valence-electron chi connectivity index (χ2n) is 2.31. The van der Waals surface area contributed by atoms with Crippen LogP contribution in [-0.4, -0.2) is 4.98 Å². The molecule has 0 saturated heterocycles. The minimum atomic E-state index is -0.126. The summed E-state index contributed by atoms with van der Waals surface area (Å²) >= 11 is 1.35. The number of thiophene rings is 1. The molecule has 0 fully saturated rings. The van der Waals surface area contributed by atoms with Gasteiger partial charge in [0.05, 0.1) is 5.56 Å². The van der Waals surface area contributed by atoms with Gasteiger partial charge < -0.3 is 4.98 Å². The molecule has 0 aromatic carbocycles. The molecule has 2 aromatic heterocycles. The van der Waals surface area contributed by atoms with Crippen molar-refractivity contribution in [2.24, 2.45) is 0 Å². The average Bonchev–Trinajstić information content (AvgIpc) is 2.54. The van der Waals surface area contributed by atoms with Crippen molar-refractivity contribution in [3.8, 4) is 6.07 Å². The highest BCUT2D eigenvalue weighted by Gasteiger charge is 2.03. The summed E-state index contributed by atoms with van der Waals surface area (Å²) in [4.78, 5) is 13.7. The number of rotatable bonds is 0. The lowest BCUT2D eigenvalue weighted by molar-refractivity contribution is 1.27. The van der Waals surface area contributed by atoms with Crippen LogP contribution < -0.4 is 5.56 Å². The Hall–Kier alpha value is -1.60. The first-order chi connectivity index (χ1) is 5.83. The van der Waals surface area contributed by atoms with Crippen molar-refractivity contribution in [1.29, 1.82) is 5.26 Å². The normalized spacial score (nSPS) is 9.92. The van der Waals surface area contributed by atoms with Crippen LogP contribution in [0.5, 0.6) is 0 Å². The number of pyridine rings is 1. The van der Waals surface area contributed by atoms with Gasteiger partial charge in [-0.1, -0.05) is 0 Å². The topological polar surface area (TPSA) is 56.6 Å². The smallest absolute Gasteiger partial charge is 0.265 e. The monoisotopic (exact) mass is 176 g/mol. The highest BCUT2D eigenvalue weighted by Crippen LogP contribution is 2.18. The Balaban J connectivity index is 3.04. The predicted octanol–water partition coefficient (Wildman–Crippen LogP) is 1.46. The fourth-order valence-corrected chi connectivity index (χ4v) is 1.88. The Morgan fingerprint density at radius 2 is 2.42 bits per heavy atom. The first-order valence-corrected chi connectivity index (χ1v) is 4.20. The maximum Gasteiger partial charge on any atom is 0.265 e. The van der Waals surface area contributed by atoms with Crippen LogP contribution in [0, 0.1) is 11.3 Å².